The molecule has 0 saturated carbocycles. The molecule has 0 radical (unpaired) electrons. The number of rotatable bonds is 5. The first kappa shape index (κ1) is 12.9. The Hall–Kier alpha value is -1.56. The molecule has 0 saturated heterocycles. The molecule has 6 heteroatoms. The van der Waals surface area contributed by atoms with E-state index in [0.29, 0.717) is 12.2 Å². The van der Waals surface area contributed by atoms with E-state index in [1.165, 1.54) is 0 Å². The summed E-state index contributed by atoms with van der Waals surface area (Å²) in [7, 11) is -1.61. The van der Waals surface area contributed by atoms with E-state index in [1.54, 1.807) is 24.5 Å². The molecular weight excluding hydrogens is 252 g/mol. The first-order chi connectivity index (χ1) is 8.52. The fourth-order valence-corrected chi connectivity index (χ4v) is 2.80. The Kier molecular flexibility index (Phi) is 3.56. The van der Waals surface area contributed by atoms with E-state index < -0.39 is 10.1 Å². The second kappa shape index (κ2) is 4.97. The highest BCUT2D eigenvalue weighted by Gasteiger charge is 2.12. The number of benzene rings is 1. The molecular formula is C12H16N2O3S. The van der Waals surface area contributed by atoms with Crippen LogP contribution in [0.4, 0.5) is 0 Å². The molecule has 0 aliphatic heterocycles. The van der Waals surface area contributed by atoms with Crippen molar-refractivity contribution in [3.63, 3.8) is 0 Å². The molecule has 1 aromatic carbocycles. The Balaban J connectivity index is 2.22. The lowest BCUT2D eigenvalue weighted by Gasteiger charge is -2.06. The van der Waals surface area contributed by atoms with Crippen molar-refractivity contribution in [1.82, 2.24) is 9.55 Å². The molecule has 0 unspecified atom stereocenters. The third-order valence-electron chi connectivity index (χ3n) is 2.67. The molecule has 18 heavy (non-hydrogen) atoms. The van der Waals surface area contributed by atoms with Gasteiger partial charge in [-0.1, -0.05) is 13.3 Å². The van der Waals surface area contributed by atoms with Crippen molar-refractivity contribution >= 4 is 21.2 Å². The van der Waals surface area contributed by atoms with Crippen LogP contribution in [0.5, 0.6) is 5.75 Å². The lowest BCUT2D eigenvalue weighted by atomic mass is 10.3. The third-order valence-corrected chi connectivity index (χ3v) is 3.90. The van der Waals surface area contributed by atoms with Gasteiger partial charge in [-0.25, -0.2) is 4.98 Å². The predicted octanol–water partition coefficient (Wildman–Crippen LogP) is 2.08. The molecule has 5 nitrogen and oxygen atoms in total. The van der Waals surface area contributed by atoms with Gasteiger partial charge in [-0.15, -0.1) is 0 Å². The van der Waals surface area contributed by atoms with Gasteiger partial charge in [-0.05, 0) is 18.6 Å². The van der Waals surface area contributed by atoms with E-state index in [1.807, 2.05) is 18.5 Å². The van der Waals surface area contributed by atoms with Gasteiger partial charge in [0.2, 0.25) is 0 Å². The van der Waals surface area contributed by atoms with Gasteiger partial charge >= 0.3 is 10.1 Å². The SMILES string of the molecule is CCCCS(=O)(=O)Oc1ccc2c(c1)ncn2C. The van der Waals surface area contributed by atoms with Crippen LogP contribution in [-0.4, -0.2) is 23.7 Å². The lowest BCUT2D eigenvalue weighted by Crippen LogP contribution is -2.13. The van der Waals surface area contributed by atoms with Crippen molar-refractivity contribution in [3.8, 4) is 5.75 Å². The molecule has 0 atom stereocenters. The Morgan fingerprint density at radius 2 is 2.17 bits per heavy atom. The zero-order chi connectivity index (χ0) is 13.2. The van der Waals surface area contributed by atoms with Crippen LogP contribution in [0.2, 0.25) is 0 Å². The first-order valence-electron chi connectivity index (χ1n) is 5.85. The number of imidazole rings is 1. The molecule has 98 valence electrons. The molecule has 0 N–H and O–H groups in total. The zero-order valence-electron chi connectivity index (χ0n) is 10.5. The van der Waals surface area contributed by atoms with Crippen molar-refractivity contribution in [2.24, 2.45) is 7.05 Å². The molecule has 1 heterocycles. The average molecular weight is 268 g/mol. The fourth-order valence-electron chi connectivity index (χ4n) is 1.68. The molecule has 0 bridgehead atoms. The van der Waals surface area contributed by atoms with Crippen LogP contribution in [0.15, 0.2) is 24.5 Å². The molecule has 0 aliphatic rings. The van der Waals surface area contributed by atoms with E-state index in [4.69, 9.17) is 4.18 Å². The van der Waals surface area contributed by atoms with Gasteiger partial charge in [-0.2, -0.15) is 8.42 Å². The van der Waals surface area contributed by atoms with Gasteiger partial charge in [0.15, 0.2) is 0 Å². The Morgan fingerprint density at radius 3 is 2.89 bits per heavy atom. The topological polar surface area (TPSA) is 61.2 Å². The molecule has 1 aromatic heterocycles. The molecule has 0 fully saturated rings. The summed E-state index contributed by atoms with van der Waals surface area (Å²) in [6, 6.07) is 5.08. The number of aromatic nitrogens is 2. The zero-order valence-corrected chi connectivity index (χ0v) is 11.3. The number of unbranched alkanes of at least 4 members (excludes halogenated alkanes) is 1. The minimum atomic E-state index is -3.49. The van der Waals surface area contributed by atoms with Crippen LogP contribution in [0.25, 0.3) is 11.0 Å². The highest BCUT2D eigenvalue weighted by Crippen LogP contribution is 2.20. The summed E-state index contributed by atoms with van der Waals surface area (Å²) in [5.74, 6) is 0.362. The predicted molar refractivity (Wildman–Crippen MR) is 70.0 cm³/mol. The van der Waals surface area contributed by atoms with Crippen LogP contribution < -0.4 is 4.18 Å². The lowest BCUT2D eigenvalue weighted by molar-refractivity contribution is 0.484. The Morgan fingerprint density at radius 1 is 1.39 bits per heavy atom. The standard InChI is InChI=1S/C12H16N2O3S/c1-3-4-7-18(15,16)17-10-5-6-12-11(8-10)13-9-14(12)2/h5-6,8-9H,3-4,7H2,1-2H3. The number of hydrogen-bond donors (Lipinski definition) is 0. The van der Waals surface area contributed by atoms with Crippen LogP contribution >= 0.6 is 0 Å². The monoisotopic (exact) mass is 268 g/mol. The maximum atomic E-state index is 11.7. The van der Waals surface area contributed by atoms with Gasteiger partial charge in [0, 0.05) is 13.1 Å². The van der Waals surface area contributed by atoms with Gasteiger partial charge in [0.05, 0.1) is 23.1 Å². The number of hydrogen-bond acceptors (Lipinski definition) is 4. The minimum Gasteiger partial charge on any atom is -0.382 e. The maximum absolute atomic E-state index is 11.7. The van der Waals surface area contributed by atoms with Crippen molar-refractivity contribution in [2.75, 3.05) is 5.75 Å². The summed E-state index contributed by atoms with van der Waals surface area (Å²) in [5, 5.41) is 0. The summed E-state index contributed by atoms with van der Waals surface area (Å²) < 4.78 is 30.2. The van der Waals surface area contributed by atoms with Crippen LogP contribution in [-0.2, 0) is 17.2 Å². The summed E-state index contributed by atoms with van der Waals surface area (Å²) in [5.41, 5.74) is 1.66. The summed E-state index contributed by atoms with van der Waals surface area (Å²) in [4.78, 5) is 4.16. The van der Waals surface area contributed by atoms with E-state index in [9.17, 15) is 8.42 Å². The second-order valence-electron chi connectivity index (χ2n) is 4.20. The minimum absolute atomic E-state index is 0.0454. The highest BCUT2D eigenvalue weighted by atomic mass is 32.2. The molecule has 2 aromatic rings. The average Bonchev–Trinajstić information content (AvgIpc) is 2.68. The van der Waals surface area contributed by atoms with E-state index >= 15 is 0 Å². The third kappa shape index (κ3) is 2.81. The number of fused-ring (bicyclic) bond motifs is 1. The summed E-state index contributed by atoms with van der Waals surface area (Å²) in [6.07, 6.45) is 3.11. The molecule has 0 amide bonds. The first-order valence-corrected chi connectivity index (χ1v) is 7.43. The van der Waals surface area contributed by atoms with Gasteiger partial charge in [0.25, 0.3) is 0 Å². The number of aryl methyl sites for hydroxylation is 1. The van der Waals surface area contributed by atoms with Gasteiger partial charge in [-0.3, -0.25) is 0 Å². The molecule has 2 rings (SSSR count). The van der Waals surface area contributed by atoms with Crippen molar-refractivity contribution < 1.29 is 12.6 Å². The Bertz CT molecular complexity index is 646. The van der Waals surface area contributed by atoms with E-state index in [2.05, 4.69) is 4.98 Å². The van der Waals surface area contributed by atoms with Crippen molar-refractivity contribution in [3.05, 3.63) is 24.5 Å². The molecule has 0 aliphatic carbocycles. The van der Waals surface area contributed by atoms with Crippen LogP contribution in [0, 0.1) is 0 Å². The van der Waals surface area contributed by atoms with Crippen molar-refractivity contribution in [2.45, 2.75) is 19.8 Å². The maximum Gasteiger partial charge on any atom is 0.309 e. The molecule has 0 spiro atoms. The summed E-state index contributed by atoms with van der Waals surface area (Å²) >= 11 is 0. The van der Waals surface area contributed by atoms with Crippen molar-refractivity contribution in [1.29, 1.82) is 0 Å². The van der Waals surface area contributed by atoms with E-state index in [0.717, 1.165) is 17.5 Å². The highest BCUT2D eigenvalue weighted by molar-refractivity contribution is 7.87. The fraction of sp³-hybridized carbons (Fsp3) is 0.417. The van der Waals surface area contributed by atoms with Gasteiger partial charge < -0.3 is 8.75 Å². The largest absolute Gasteiger partial charge is 0.382 e. The number of nitrogens with zero attached hydrogens (tertiary/aromatic N) is 2. The van der Waals surface area contributed by atoms with Crippen LogP contribution in [0.1, 0.15) is 19.8 Å². The van der Waals surface area contributed by atoms with E-state index in [-0.39, 0.29) is 5.75 Å². The van der Waals surface area contributed by atoms with Gasteiger partial charge in [0.1, 0.15) is 5.75 Å². The Labute approximate surface area is 107 Å². The quantitative estimate of drug-likeness (QED) is 0.779. The summed E-state index contributed by atoms with van der Waals surface area (Å²) in [6.45, 7) is 1.94. The second-order valence-corrected chi connectivity index (χ2v) is 5.89. The normalized spacial score (nSPS) is 11.9. The smallest absolute Gasteiger partial charge is 0.309 e. The van der Waals surface area contributed by atoms with Crippen LogP contribution in [0.3, 0.4) is 0 Å².